The fraction of sp³-hybridized carbons (Fsp3) is 0.0714. The van der Waals surface area contributed by atoms with Gasteiger partial charge in [-0.2, -0.15) is 0 Å². The lowest BCUT2D eigenvalue weighted by Crippen LogP contribution is -2.00. The minimum Gasteiger partial charge on any atom is -0.488 e. The Morgan fingerprint density at radius 3 is 2.40 bits per heavy atom. The van der Waals surface area contributed by atoms with Gasteiger partial charge < -0.3 is 4.74 Å². The van der Waals surface area contributed by atoms with Gasteiger partial charge in [0.15, 0.2) is 0 Å². The van der Waals surface area contributed by atoms with Crippen LogP contribution in [0.3, 0.4) is 0 Å². The maximum atomic E-state index is 11.3. The molecule has 0 saturated heterocycles. The highest BCUT2D eigenvalue weighted by atomic mass is 35.5. The Morgan fingerprint density at radius 1 is 1.00 bits per heavy atom. The number of hydrogen-bond donors (Lipinski definition) is 0. The van der Waals surface area contributed by atoms with Crippen LogP contribution in [0.4, 0.5) is 0 Å². The third-order valence-corrected chi connectivity index (χ3v) is 3.71. The molecule has 0 bridgehead atoms. The van der Waals surface area contributed by atoms with Crippen LogP contribution in [0.5, 0.6) is 5.75 Å². The van der Waals surface area contributed by atoms with E-state index in [1.165, 1.54) is 6.07 Å². The Balaban J connectivity index is 2.18. The van der Waals surface area contributed by atoms with E-state index in [0.29, 0.717) is 20.8 Å². The number of benzene rings is 2. The van der Waals surface area contributed by atoms with E-state index in [1.54, 1.807) is 30.3 Å². The van der Waals surface area contributed by atoms with Crippen LogP contribution in [-0.2, 0) is 6.61 Å². The van der Waals surface area contributed by atoms with Crippen molar-refractivity contribution >= 4 is 51.6 Å². The SMILES string of the molecule is O=C(Cl)c1cc(Cl)ccc1OCc1ccc(Cl)c(Cl)c1. The molecule has 0 aromatic heterocycles. The Bertz CT molecular complexity index is 656. The van der Waals surface area contributed by atoms with Crippen molar-refractivity contribution in [3.8, 4) is 5.75 Å². The fourth-order valence-electron chi connectivity index (χ4n) is 1.57. The quantitative estimate of drug-likeness (QED) is 0.671. The predicted octanol–water partition coefficient (Wildman–Crippen LogP) is 5.60. The highest BCUT2D eigenvalue weighted by Crippen LogP contribution is 2.27. The van der Waals surface area contributed by atoms with Gasteiger partial charge in [0, 0.05) is 5.02 Å². The van der Waals surface area contributed by atoms with Gasteiger partial charge in [0.2, 0.25) is 0 Å². The van der Waals surface area contributed by atoms with E-state index in [-0.39, 0.29) is 12.2 Å². The minimum atomic E-state index is -0.628. The van der Waals surface area contributed by atoms with Crippen molar-refractivity contribution in [2.24, 2.45) is 0 Å². The molecule has 0 unspecified atom stereocenters. The van der Waals surface area contributed by atoms with E-state index in [2.05, 4.69) is 0 Å². The Labute approximate surface area is 136 Å². The van der Waals surface area contributed by atoms with E-state index >= 15 is 0 Å². The molecule has 0 amide bonds. The third kappa shape index (κ3) is 3.80. The molecule has 2 aromatic carbocycles. The largest absolute Gasteiger partial charge is 0.488 e. The molecule has 0 radical (unpaired) electrons. The van der Waals surface area contributed by atoms with Crippen LogP contribution in [0.2, 0.25) is 15.1 Å². The van der Waals surface area contributed by atoms with Gasteiger partial charge >= 0.3 is 0 Å². The van der Waals surface area contributed by atoms with E-state index in [1.807, 2.05) is 0 Å². The third-order valence-electron chi connectivity index (χ3n) is 2.53. The first kappa shape index (κ1) is 15.5. The summed E-state index contributed by atoms with van der Waals surface area (Å²) in [6.45, 7) is 0.232. The van der Waals surface area contributed by atoms with Crippen LogP contribution < -0.4 is 4.74 Å². The molecule has 20 heavy (non-hydrogen) atoms. The highest BCUT2D eigenvalue weighted by Gasteiger charge is 2.11. The van der Waals surface area contributed by atoms with E-state index < -0.39 is 5.24 Å². The molecule has 0 heterocycles. The molecule has 0 aliphatic heterocycles. The normalized spacial score (nSPS) is 10.4. The number of carbonyl (C=O) groups is 1. The van der Waals surface area contributed by atoms with Gasteiger partial charge in [0.25, 0.3) is 5.24 Å². The van der Waals surface area contributed by atoms with E-state index in [4.69, 9.17) is 51.1 Å². The van der Waals surface area contributed by atoms with Crippen molar-refractivity contribution in [3.63, 3.8) is 0 Å². The van der Waals surface area contributed by atoms with E-state index in [0.717, 1.165) is 5.56 Å². The summed E-state index contributed by atoms with van der Waals surface area (Å²) in [6.07, 6.45) is 0. The second kappa shape index (κ2) is 6.68. The van der Waals surface area contributed by atoms with Crippen molar-refractivity contribution in [1.29, 1.82) is 0 Å². The van der Waals surface area contributed by atoms with Crippen LogP contribution in [0.25, 0.3) is 0 Å². The monoisotopic (exact) mass is 348 g/mol. The number of carbonyl (C=O) groups excluding carboxylic acids is 1. The average molecular weight is 350 g/mol. The molecular formula is C14H8Cl4O2. The van der Waals surface area contributed by atoms with Gasteiger partial charge in [-0.25, -0.2) is 0 Å². The first-order valence-electron chi connectivity index (χ1n) is 5.53. The molecule has 0 saturated carbocycles. The molecule has 104 valence electrons. The minimum absolute atomic E-state index is 0.222. The number of ether oxygens (including phenoxy) is 1. The second-order valence-corrected chi connectivity index (χ2v) is 5.55. The zero-order valence-corrected chi connectivity index (χ0v) is 13.0. The maximum Gasteiger partial charge on any atom is 0.256 e. The molecule has 2 aromatic rings. The first-order chi connectivity index (χ1) is 9.47. The van der Waals surface area contributed by atoms with Crippen LogP contribution in [-0.4, -0.2) is 5.24 Å². The molecule has 0 atom stereocenters. The molecule has 2 rings (SSSR count). The number of halogens is 4. The Morgan fingerprint density at radius 2 is 1.75 bits per heavy atom. The zero-order valence-electron chi connectivity index (χ0n) is 10.00. The molecule has 2 nitrogen and oxygen atoms in total. The van der Waals surface area contributed by atoms with Crippen LogP contribution >= 0.6 is 46.4 Å². The van der Waals surface area contributed by atoms with Gasteiger partial charge in [-0.1, -0.05) is 40.9 Å². The molecule has 0 fully saturated rings. The van der Waals surface area contributed by atoms with Gasteiger partial charge in [0.1, 0.15) is 12.4 Å². The molecular weight excluding hydrogens is 342 g/mol. The molecule has 6 heteroatoms. The van der Waals surface area contributed by atoms with Crippen LogP contribution in [0, 0.1) is 0 Å². The van der Waals surface area contributed by atoms with Crippen molar-refractivity contribution in [1.82, 2.24) is 0 Å². The zero-order chi connectivity index (χ0) is 14.7. The molecule has 0 aliphatic carbocycles. The topological polar surface area (TPSA) is 26.3 Å². The summed E-state index contributed by atoms with van der Waals surface area (Å²) in [5, 5.41) is 0.698. The highest BCUT2D eigenvalue weighted by molar-refractivity contribution is 6.68. The van der Waals surface area contributed by atoms with Crippen molar-refractivity contribution < 1.29 is 9.53 Å². The van der Waals surface area contributed by atoms with Gasteiger partial charge in [0.05, 0.1) is 15.6 Å². The van der Waals surface area contributed by atoms with Crippen molar-refractivity contribution in [2.45, 2.75) is 6.61 Å². The summed E-state index contributed by atoms with van der Waals surface area (Å²) in [4.78, 5) is 11.3. The van der Waals surface area contributed by atoms with Gasteiger partial charge in [-0.05, 0) is 47.5 Å². The second-order valence-electron chi connectivity index (χ2n) is 3.95. The van der Waals surface area contributed by atoms with Crippen LogP contribution in [0.1, 0.15) is 15.9 Å². The van der Waals surface area contributed by atoms with Crippen LogP contribution in [0.15, 0.2) is 36.4 Å². The summed E-state index contributed by atoms with van der Waals surface area (Å²) in [5.41, 5.74) is 1.04. The molecule has 0 aliphatic rings. The lowest BCUT2D eigenvalue weighted by molar-refractivity contribution is 0.107. The number of rotatable bonds is 4. The maximum absolute atomic E-state index is 11.3. The molecule has 0 spiro atoms. The fourth-order valence-corrected chi connectivity index (χ4v) is 2.21. The predicted molar refractivity (Wildman–Crippen MR) is 82.4 cm³/mol. The van der Waals surface area contributed by atoms with Crippen molar-refractivity contribution in [3.05, 3.63) is 62.6 Å². The lowest BCUT2D eigenvalue weighted by atomic mass is 10.2. The van der Waals surface area contributed by atoms with E-state index in [9.17, 15) is 4.79 Å². The summed E-state index contributed by atoms with van der Waals surface area (Å²) >= 11 is 23.1. The first-order valence-corrected chi connectivity index (χ1v) is 7.04. The van der Waals surface area contributed by atoms with Gasteiger partial charge in [-0.3, -0.25) is 4.79 Å². The smallest absolute Gasteiger partial charge is 0.256 e. The Hall–Kier alpha value is -0.930. The average Bonchev–Trinajstić information content (AvgIpc) is 2.41. The van der Waals surface area contributed by atoms with Crippen molar-refractivity contribution in [2.75, 3.05) is 0 Å². The lowest BCUT2D eigenvalue weighted by Gasteiger charge is -2.10. The summed E-state index contributed by atoms with van der Waals surface area (Å²) in [7, 11) is 0. The summed E-state index contributed by atoms with van der Waals surface area (Å²) in [5.74, 6) is 0.362. The summed E-state index contributed by atoms with van der Waals surface area (Å²) in [6, 6.07) is 9.83. The van der Waals surface area contributed by atoms with Gasteiger partial charge in [-0.15, -0.1) is 0 Å². The standard InChI is InChI=1S/C14H8Cl4O2/c15-9-2-4-13(10(6-9)14(18)19)20-7-8-1-3-11(16)12(17)5-8/h1-6H,7H2. The molecule has 0 N–H and O–H groups in total. The number of hydrogen-bond acceptors (Lipinski definition) is 2. The Kier molecular flexibility index (Phi) is 5.17. The summed E-state index contributed by atoms with van der Waals surface area (Å²) < 4.78 is 5.57.